The molecule has 3 aromatic rings. The third-order valence-electron chi connectivity index (χ3n) is 4.44. The Balaban J connectivity index is 1.41. The van der Waals surface area contributed by atoms with E-state index in [1.165, 1.54) is 0 Å². The van der Waals surface area contributed by atoms with Crippen LogP contribution in [-0.4, -0.2) is 61.5 Å². The van der Waals surface area contributed by atoms with Crippen molar-refractivity contribution in [3.8, 4) is 0 Å². The summed E-state index contributed by atoms with van der Waals surface area (Å²) in [6.45, 7) is 2.78. The molecule has 4 rings (SSSR count). The zero-order valence-electron chi connectivity index (χ0n) is 13.6. The van der Waals surface area contributed by atoms with Gasteiger partial charge in [-0.2, -0.15) is 20.5 Å². The zero-order valence-corrected chi connectivity index (χ0v) is 13.6. The average Bonchev–Trinajstić information content (AvgIpc) is 3.33. The smallest absolute Gasteiger partial charge is 0.276 e. The molecule has 0 unspecified atom stereocenters. The lowest BCUT2D eigenvalue weighted by Crippen LogP contribution is -2.38. The molecule has 2 amide bonds. The van der Waals surface area contributed by atoms with Gasteiger partial charge in [0, 0.05) is 30.1 Å². The SMILES string of the molecule is Cc1n[nH]nc1C(=O)N1CC[C@@H](NC(=O)c2ccc3[nH]ncc3c2)C1. The predicted octanol–water partition coefficient (Wildman–Crippen LogP) is 0.634. The first-order valence-electron chi connectivity index (χ1n) is 8.02. The molecular formula is C16H17N7O2. The third-order valence-corrected chi connectivity index (χ3v) is 4.44. The van der Waals surface area contributed by atoms with Gasteiger partial charge >= 0.3 is 0 Å². The van der Waals surface area contributed by atoms with Gasteiger partial charge in [-0.1, -0.05) is 0 Å². The maximum Gasteiger partial charge on any atom is 0.276 e. The molecule has 128 valence electrons. The van der Waals surface area contributed by atoms with Gasteiger partial charge in [-0.3, -0.25) is 14.7 Å². The Morgan fingerprint density at radius 1 is 1.32 bits per heavy atom. The number of nitrogens with one attached hydrogen (secondary N) is 3. The first-order chi connectivity index (χ1) is 12.1. The van der Waals surface area contributed by atoms with Gasteiger partial charge in [-0.15, -0.1) is 0 Å². The quantitative estimate of drug-likeness (QED) is 0.647. The molecule has 0 radical (unpaired) electrons. The summed E-state index contributed by atoms with van der Waals surface area (Å²) in [6, 6.07) is 5.30. The molecule has 1 aromatic carbocycles. The first kappa shape index (κ1) is 15.3. The van der Waals surface area contributed by atoms with Crippen LogP contribution >= 0.6 is 0 Å². The largest absolute Gasteiger partial charge is 0.347 e. The maximum atomic E-state index is 12.5. The van der Waals surface area contributed by atoms with Crippen molar-refractivity contribution in [3.05, 3.63) is 41.3 Å². The monoisotopic (exact) mass is 339 g/mol. The Morgan fingerprint density at radius 3 is 3.00 bits per heavy atom. The standard InChI is InChI=1S/C16H17N7O2/c1-9-14(21-22-19-9)16(25)23-5-4-12(8-23)18-15(24)10-2-3-13-11(6-10)7-17-20-13/h2-3,6-7,12H,4-5,8H2,1H3,(H,17,20)(H,18,24)(H,19,21,22)/t12-/m1/s1. The minimum absolute atomic E-state index is 0.0799. The number of amides is 2. The van der Waals surface area contributed by atoms with Gasteiger partial charge in [0.15, 0.2) is 5.69 Å². The number of aromatic nitrogens is 5. The lowest BCUT2D eigenvalue weighted by molar-refractivity contribution is 0.0777. The van der Waals surface area contributed by atoms with Crippen molar-refractivity contribution in [1.82, 2.24) is 35.8 Å². The molecule has 3 heterocycles. The van der Waals surface area contributed by atoms with Crippen LogP contribution in [0.4, 0.5) is 0 Å². The van der Waals surface area contributed by atoms with Crippen LogP contribution in [0.3, 0.4) is 0 Å². The van der Waals surface area contributed by atoms with Crippen LogP contribution in [-0.2, 0) is 0 Å². The summed E-state index contributed by atoms with van der Waals surface area (Å²) in [5.41, 5.74) is 2.37. The molecule has 1 atom stereocenters. The van der Waals surface area contributed by atoms with Crippen molar-refractivity contribution >= 4 is 22.7 Å². The van der Waals surface area contributed by atoms with Gasteiger partial charge in [0.1, 0.15) is 0 Å². The van der Waals surface area contributed by atoms with Crippen molar-refractivity contribution < 1.29 is 9.59 Å². The van der Waals surface area contributed by atoms with Gasteiger partial charge in [-0.25, -0.2) is 0 Å². The van der Waals surface area contributed by atoms with Crippen LogP contribution in [0.5, 0.6) is 0 Å². The van der Waals surface area contributed by atoms with E-state index in [9.17, 15) is 9.59 Å². The summed E-state index contributed by atoms with van der Waals surface area (Å²) >= 11 is 0. The molecule has 0 bridgehead atoms. The van der Waals surface area contributed by atoms with E-state index in [2.05, 4.69) is 30.9 Å². The Kier molecular flexibility index (Phi) is 3.68. The van der Waals surface area contributed by atoms with Crippen LogP contribution in [0, 0.1) is 6.92 Å². The summed E-state index contributed by atoms with van der Waals surface area (Å²) in [7, 11) is 0. The highest BCUT2D eigenvalue weighted by atomic mass is 16.2. The molecule has 1 aliphatic rings. The highest BCUT2D eigenvalue weighted by Gasteiger charge is 2.30. The van der Waals surface area contributed by atoms with Crippen LogP contribution in [0.1, 0.15) is 33.0 Å². The van der Waals surface area contributed by atoms with Crippen molar-refractivity contribution in [2.45, 2.75) is 19.4 Å². The van der Waals surface area contributed by atoms with Crippen LogP contribution in [0.15, 0.2) is 24.4 Å². The number of fused-ring (bicyclic) bond motifs is 1. The minimum Gasteiger partial charge on any atom is -0.347 e. The second-order valence-corrected chi connectivity index (χ2v) is 6.14. The van der Waals surface area contributed by atoms with E-state index < -0.39 is 0 Å². The Morgan fingerprint density at radius 2 is 2.20 bits per heavy atom. The zero-order chi connectivity index (χ0) is 17.4. The molecule has 0 spiro atoms. The minimum atomic E-state index is -0.164. The second-order valence-electron chi connectivity index (χ2n) is 6.14. The number of H-pyrrole nitrogens is 2. The van der Waals surface area contributed by atoms with Gasteiger partial charge in [-0.05, 0) is 31.5 Å². The number of aryl methyl sites for hydroxylation is 1. The highest BCUT2D eigenvalue weighted by molar-refractivity contribution is 5.98. The van der Waals surface area contributed by atoms with Crippen molar-refractivity contribution in [2.75, 3.05) is 13.1 Å². The molecule has 25 heavy (non-hydrogen) atoms. The van der Waals surface area contributed by atoms with E-state index in [1.54, 1.807) is 30.2 Å². The fourth-order valence-corrected chi connectivity index (χ4v) is 3.05. The molecule has 9 heteroatoms. The topological polar surface area (TPSA) is 120 Å². The first-order valence-corrected chi connectivity index (χ1v) is 8.02. The molecule has 3 N–H and O–H groups in total. The number of hydrogen-bond donors (Lipinski definition) is 3. The van der Waals surface area contributed by atoms with Crippen molar-refractivity contribution in [1.29, 1.82) is 0 Å². The number of carbonyl (C=O) groups is 2. The Hall–Kier alpha value is -3.23. The number of aromatic amines is 2. The molecule has 0 saturated carbocycles. The van der Waals surface area contributed by atoms with Gasteiger partial charge in [0.2, 0.25) is 0 Å². The highest BCUT2D eigenvalue weighted by Crippen LogP contribution is 2.16. The van der Waals surface area contributed by atoms with Gasteiger partial charge in [0.05, 0.1) is 17.4 Å². The predicted molar refractivity (Wildman–Crippen MR) is 89.0 cm³/mol. The van der Waals surface area contributed by atoms with Gasteiger partial charge < -0.3 is 10.2 Å². The number of benzene rings is 1. The summed E-state index contributed by atoms with van der Waals surface area (Å²) in [4.78, 5) is 26.6. The number of hydrogen-bond acceptors (Lipinski definition) is 5. The average molecular weight is 339 g/mol. The Bertz CT molecular complexity index is 945. The van der Waals surface area contributed by atoms with E-state index in [0.717, 1.165) is 10.9 Å². The normalized spacial score (nSPS) is 17.2. The molecule has 2 aromatic heterocycles. The summed E-state index contributed by atoms with van der Waals surface area (Å²) < 4.78 is 0. The van der Waals surface area contributed by atoms with E-state index in [0.29, 0.717) is 36.5 Å². The molecule has 1 aliphatic heterocycles. The summed E-state index contributed by atoms with van der Waals surface area (Å²) in [5, 5.41) is 20.9. The molecule has 0 aliphatic carbocycles. The van der Waals surface area contributed by atoms with E-state index in [-0.39, 0.29) is 17.9 Å². The number of likely N-dealkylation sites (tertiary alicyclic amines) is 1. The van der Waals surface area contributed by atoms with E-state index in [4.69, 9.17) is 0 Å². The van der Waals surface area contributed by atoms with Crippen LogP contribution in [0.25, 0.3) is 10.9 Å². The van der Waals surface area contributed by atoms with E-state index >= 15 is 0 Å². The van der Waals surface area contributed by atoms with Crippen molar-refractivity contribution in [3.63, 3.8) is 0 Å². The number of rotatable bonds is 3. The lowest BCUT2D eigenvalue weighted by Gasteiger charge is -2.16. The second kappa shape index (κ2) is 6.00. The third kappa shape index (κ3) is 2.84. The fourth-order valence-electron chi connectivity index (χ4n) is 3.05. The van der Waals surface area contributed by atoms with Crippen LogP contribution < -0.4 is 5.32 Å². The molecule has 9 nitrogen and oxygen atoms in total. The lowest BCUT2D eigenvalue weighted by atomic mass is 10.1. The number of carbonyl (C=O) groups excluding carboxylic acids is 2. The number of nitrogens with zero attached hydrogens (tertiary/aromatic N) is 4. The van der Waals surface area contributed by atoms with Crippen LogP contribution in [0.2, 0.25) is 0 Å². The van der Waals surface area contributed by atoms with E-state index in [1.807, 2.05) is 6.07 Å². The summed E-state index contributed by atoms with van der Waals surface area (Å²) in [6.07, 6.45) is 2.39. The molecule has 1 fully saturated rings. The molecular weight excluding hydrogens is 322 g/mol. The fraction of sp³-hybridized carbons (Fsp3) is 0.312. The molecule has 1 saturated heterocycles. The van der Waals surface area contributed by atoms with Crippen molar-refractivity contribution in [2.24, 2.45) is 0 Å². The summed E-state index contributed by atoms with van der Waals surface area (Å²) in [5.74, 6) is -0.317. The maximum absolute atomic E-state index is 12.5. The van der Waals surface area contributed by atoms with Gasteiger partial charge in [0.25, 0.3) is 11.8 Å². The Labute approximate surface area is 142 Å².